The Morgan fingerprint density at radius 1 is 0.400 bits per heavy atom. The van der Waals surface area contributed by atoms with Crippen LogP contribution < -0.4 is 0 Å². The van der Waals surface area contributed by atoms with Crippen molar-refractivity contribution in [3.05, 3.63) is 0 Å². The summed E-state index contributed by atoms with van der Waals surface area (Å²) in [7, 11) is 0. The molecule has 0 radical (unpaired) electrons. The van der Waals surface area contributed by atoms with Crippen molar-refractivity contribution >= 4 is 0 Å². The Morgan fingerprint density at radius 3 is 1.05 bits per heavy atom. The summed E-state index contributed by atoms with van der Waals surface area (Å²) in [6.07, 6.45) is 20.4. The van der Waals surface area contributed by atoms with E-state index < -0.39 is 0 Å². The average Bonchev–Trinajstić information content (AvgIpc) is 2.91. The number of hydrogen-bond donors (Lipinski definition) is 0. The molecule has 1 spiro atoms. The van der Waals surface area contributed by atoms with E-state index in [9.17, 15) is 0 Å². The highest BCUT2D eigenvalue weighted by atomic mass is 16.7. The molecule has 0 amide bonds. The van der Waals surface area contributed by atoms with Crippen molar-refractivity contribution in [2.45, 2.75) is 102 Å². The van der Waals surface area contributed by atoms with Crippen molar-refractivity contribution in [1.82, 2.24) is 0 Å². The molecule has 0 bridgehead atoms. The van der Waals surface area contributed by atoms with E-state index in [0.29, 0.717) is 0 Å². The molecule has 1 aliphatic heterocycles. The molecule has 1 aliphatic carbocycles. The van der Waals surface area contributed by atoms with Gasteiger partial charge in [-0.1, -0.05) is 70.6 Å². The van der Waals surface area contributed by atoms with Crippen LogP contribution in [0.25, 0.3) is 0 Å². The first kappa shape index (κ1) is 16.3. The van der Waals surface area contributed by atoms with Crippen LogP contribution in [-0.4, -0.2) is 19.0 Å². The lowest BCUT2D eigenvalue weighted by Crippen LogP contribution is -2.30. The zero-order valence-electron chi connectivity index (χ0n) is 13.3. The molecule has 0 atom stereocenters. The van der Waals surface area contributed by atoms with Gasteiger partial charge in [-0.3, -0.25) is 0 Å². The molecule has 2 rings (SSSR count). The first-order chi connectivity index (χ1) is 9.91. The van der Waals surface area contributed by atoms with E-state index >= 15 is 0 Å². The van der Waals surface area contributed by atoms with E-state index in [2.05, 4.69) is 0 Å². The fraction of sp³-hybridized carbons (Fsp3) is 1.00. The quantitative estimate of drug-likeness (QED) is 0.576. The van der Waals surface area contributed by atoms with E-state index in [1.54, 1.807) is 0 Å². The highest BCUT2D eigenvalue weighted by molar-refractivity contribution is 4.74. The van der Waals surface area contributed by atoms with Crippen LogP contribution in [0.5, 0.6) is 0 Å². The third-order valence-electron chi connectivity index (χ3n) is 4.93. The van der Waals surface area contributed by atoms with Crippen molar-refractivity contribution < 1.29 is 9.47 Å². The zero-order valence-corrected chi connectivity index (χ0v) is 13.3. The predicted molar refractivity (Wildman–Crippen MR) is 83.9 cm³/mol. The highest BCUT2D eigenvalue weighted by Crippen LogP contribution is 2.32. The fourth-order valence-electron chi connectivity index (χ4n) is 3.64. The topological polar surface area (TPSA) is 18.5 Å². The summed E-state index contributed by atoms with van der Waals surface area (Å²) in [6, 6.07) is 0. The second kappa shape index (κ2) is 9.78. The van der Waals surface area contributed by atoms with Gasteiger partial charge < -0.3 is 9.47 Å². The molecule has 1 saturated carbocycles. The van der Waals surface area contributed by atoms with Gasteiger partial charge in [-0.15, -0.1) is 0 Å². The summed E-state index contributed by atoms with van der Waals surface area (Å²) in [6.45, 7) is 1.61. The van der Waals surface area contributed by atoms with Crippen molar-refractivity contribution in [3.63, 3.8) is 0 Å². The zero-order chi connectivity index (χ0) is 13.9. The molecule has 0 aromatic heterocycles. The standard InChI is InChI=1S/C18H34O2/c1-2-4-6-8-10-12-14-18(19-16-17-20-18)15-13-11-9-7-5-3-1/h1-17H2. The lowest BCUT2D eigenvalue weighted by molar-refractivity contribution is -0.168. The fourth-order valence-corrected chi connectivity index (χ4v) is 3.64. The largest absolute Gasteiger partial charge is 0.348 e. The minimum absolute atomic E-state index is 0.197. The molecule has 0 aromatic rings. The van der Waals surface area contributed by atoms with Crippen molar-refractivity contribution in [2.75, 3.05) is 13.2 Å². The lowest BCUT2D eigenvalue weighted by atomic mass is 9.98. The summed E-state index contributed by atoms with van der Waals surface area (Å²) in [5.41, 5.74) is 0. The number of rotatable bonds is 0. The van der Waals surface area contributed by atoms with Crippen LogP contribution in [-0.2, 0) is 9.47 Å². The van der Waals surface area contributed by atoms with Crippen molar-refractivity contribution in [1.29, 1.82) is 0 Å². The second-order valence-electron chi connectivity index (χ2n) is 6.70. The Bertz CT molecular complexity index is 216. The minimum atomic E-state index is -0.197. The predicted octanol–water partition coefficient (Wildman–Crippen LogP) is 5.59. The molecule has 2 nitrogen and oxygen atoms in total. The highest BCUT2D eigenvalue weighted by Gasteiger charge is 2.35. The van der Waals surface area contributed by atoms with Gasteiger partial charge >= 0.3 is 0 Å². The van der Waals surface area contributed by atoms with Gasteiger partial charge in [0.1, 0.15) is 0 Å². The lowest BCUT2D eigenvalue weighted by Gasteiger charge is -2.27. The SMILES string of the molecule is C1CCCCCCCC2(CCCCCCC1)OCCO2. The van der Waals surface area contributed by atoms with E-state index in [0.717, 1.165) is 26.1 Å². The Balaban J connectivity index is 1.72. The molecule has 118 valence electrons. The van der Waals surface area contributed by atoms with Gasteiger partial charge in [0.05, 0.1) is 13.2 Å². The van der Waals surface area contributed by atoms with Gasteiger partial charge in [0.25, 0.3) is 0 Å². The van der Waals surface area contributed by atoms with Gasteiger partial charge in [-0.05, 0) is 12.8 Å². The molecule has 1 heterocycles. The summed E-state index contributed by atoms with van der Waals surface area (Å²) >= 11 is 0. The third-order valence-corrected chi connectivity index (χ3v) is 4.93. The van der Waals surface area contributed by atoms with Crippen LogP contribution in [0.4, 0.5) is 0 Å². The van der Waals surface area contributed by atoms with Gasteiger partial charge in [-0.25, -0.2) is 0 Å². The maximum atomic E-state index is 5.96. The normalized spacial score (nSPS) is 27.6. The van der Waals surface area contributed by atoms with Crippen molar-refractivity contribution in [2.24, 2.45) is 0 Å². The summed E-state index contributed by atoms with van der Waals surface area (Å²) in [5, 5.41) is 0. The molecule has 2 aliphatic rings. The summed E-state index contributed by atoms with van der Waals surface area (Å²) < 4.78 is 11.9. The molecule has 0 aromatic carbocycles. The molecular formula is C18H34O2. The first-order valence-electron chi connectivity index (χ1n) is 9.19. The van der Waals surface area contributed by atoms with Gasteiger partial charge in [-0.2, -0.15) is 0 Å². The number of hydrogen-bond acceptors (Lipinski definition) is 2. The van der Waals surface area contributed by atoms with Crippen LogP contribution >= 0.6 is 0 Å². The van der Waals surface area contributed by atoms with Crippen LogP contribution in [0.15, 0.2) is 0 Å². The molecule has 0 unspecified atom stereocenters. The van der Waals surface area contributed by atoms with E-state index in [1.807, 2.05) is 0 Å². The Kier molecular flexibility index (Phi) is 7.97. The molecule has 2 fully saturated rings. The van der Waals surface area contributed by atoms with Gasteiger partial charge in [0.15, 0.2) is 5.79 Å². The monoisotopic (exact) mass is 282 g/mol. The first-order valence-corrected chi connectivity index (χ1v) is 9.19. The van der Waals surface area contributed by atoms with E-state index in [-0.39, 0.29) is 5.79 Å². The second-order valence-corrected chi connectivity index (χ2v) is 6.70. The van der Waals surface area contributed by atoms with E-state index in [1.165, 1.54) is 83.5 Å². The van der Waals surface area contributed by atoms with Gasteiger partial charge in [0.2, 0.25) is 0 Å². The third kappa shape index (κ3) is 6.13. The molecule has 2 heteroatoms. The van der Waals surface area contributed by atoms with E-state index in [4.69, 9.17) is 9.47 Å². The molecular weight excluding hydrogens is 248 g/mol. The Labute approximate surface area is 125 Å². The van der Waals surface area contributed by atoms with Crippen LogP contribution in [0.1, 0.15) is 96.3 Å². The van der Waals surface area contributed by atoms with Gasteiger partial charge in [0, 0.05) is 12.8 Å². The molecule has 1 saturated heterocycles. The van der Waals surface area contributed by atoms with Crippen LogP contribution in [0, 0.1) is 0 Å². The Morgan fingerprint density at radius 2 is 0.700 bits per heavy atom. The molecule has 0 N–H and O–H groups in total. The average molecular weight is 282 g/mol. The smallest absolute Gasteiger partial charge is 0.168 e. The Hall–Kier alpha value is -0.0800. The maximum Gasteiger partial charge on any atom is 0.168 e. The van der Waals surface area contributed by atoms with Crippen LogP contribution in [0.3, 0.4) is 0 Å². The maximum absolute atomic E-state index is 5.96. The molecule has 20 heavy (non-hydrogen) atoms. The van der Waals surface area contributed by atoms with Crippen LogP contribution in [0.2, 0.25) is 0 Å². The summed E-state index contributed by atoms with van der Waals surface area (Å²) in [4.78, 5) is 0. The minimum Gasteiger partial charge on any atom is -0.348 e. The number of ether oxygens (including phenoxy) is 2. The summed E-state index contributed by atoms with van der Waals surface area (Å²) in [5.74, 6) is -0.197. The van der Waals surface area contributed by atoms with Crippen molar-refractivity contribution in [3.8, 4) is 0 Å².